The molecule has 5 heteroatoms. The Hall–Kier alpha value is -1.33. The first-order valence-electron chi connectivity index (χ1n) is 4.94. The topological polar surface area (TPSA) is 55.3 Å². The Labute approximate surface area is 88.1 Å². The third-order valence-electron chi connectivity index (χ3n) is 2.33. The zero-order valence-electron chi connectivity index (χ0n) is 8.43. The molecule has 0 spiro atoms. The van der Waals surface area contributed by atoms with Gasteiger partial charge in [-0.25, -0.2) is 9.97 Å². The van der Waals surface area contributed by atoms with Crippen LogP contribution in [0.15, 0.2) is 12.4 Å². The van der Waals surface area contributed by atoms with Gasteiger partial charge in [-0.3, -0.25) is 9.69 Å². The highest BCUT2D eigenvalue weighted by Crippen LogP contribution is 2.02. The van der Waals surface area contributed by atoms with Gasteiger partial charge in [0.25, 0.3) is 0 Å². The average molecular weight is 207 g/mol. The van der Waals surface area contributed by atoms with Crippen LogP contribution >= 0.6 is 0 Å². The van der Waals surface area contributed by atoms with E-state index >= 15 is 0 Å². The zero-order valence-corrected chi connectivity index (χ0v) is 8.43. The summed E-state index contributed by atoms with van der Waals surface area (Å²) in [6.07, 6.45) is 3.85. The smallest absolute Gasteiger partial charge is 0.153 e. The van der Waals surface area contributed by atoms with Crippen molar-refractivity contribution in [3.8, 4) is 0 Å². The van der Waals surface area contributed by atoms with Crippen LogP contribution in [0, 0.1) is 0 Å². The van der Waals surface area contributed by atoms with Gasteiger partial charge in [-0.1, -0.05) is 0 Å². The highest BCUT2D eigenvalue weighted by Gasteiger charge is 2.11. The summed E-state index contributed by atoms with van der Waals surface area (Å²) >= 11 is 0. The lowest BCUT2D eigenvalue weighted by Crippen LogP contribution is -2.36. The molecular formula is C10H13N3O2. The van der Waals surface area contributed by atoms with Gasteiger partial charge in [-0.05, 0) is 0 Å². The van der Waals surface area contributed by atoms with E-state index in [1.54, 1.807) is 12.4 Å². The molecule has 2 rings (SSSR count). The van der Waals surface area contributed by atoms with Crippen molar-refractivity contribution in [2.45, 2.75) is 6.54 Å². The van der Waals surface area contributed by atoms with Gasteiger partial charge < -0.3 is 4.74 Å². The lowest BCUT2D eigenvalue weighted by molar-refractivity contribution is 0.0330. The van der Waals surface area contributed by atoms with Crippen LogP contribution in [-0.4, -0.2) is 47.5 Å². The molecule has 2 heterocycles. The molecule has 1 saturated heterocycles. The lowest BCUT2D eigenvalue weighted by Gasteiger charge is -2.25. The largest absolute Gasteiger partial charge is 0.379 e. The molecule has 0 unspecified atom stereocenters. The van der Waals surface area contributed by atoms with Gasteiger partial charge in [0.2, 0.25) is 0 Å². The van der Waals surface area contributed by atoms with Crippen molar-refractivity contribution in [3.05, 3.63) is 23.8 Å². The van der Waals surface area contributed by atoms with Crippen LogP contribution < -0.4 is 0 Å². The fourth-order valence-corrected chi connectivity index (χ4v) is 1.47. The van der Waals surface area contributed by atoms with E-state index in [0.717, 1.165) is 45.0 Å². The van der Waals surface area contributed by atoms with Crippen molar-refractivity contribution in [1.29, 1.82) is 0 Å². The van der Waals surface area contributed by atoms with Gasteiger partial charge in [-0.2, -0.15) is 0 Å². The highest BCUT2D eigenvalue weighted by molar-refractivity contribution is 5.73. The molecule has 1 aromatic rings. The molecular weight excluding hydrogens is 194 g/mol. The number of hydrogen-bond donors (Lipinski definition) is 0. The van der Waals surface area contributed by atoms with Crippen molar-refractivity contribution < 1.29 is 9.53 Å². The Morgan fingerprint density at radius 3 is 2.60 bits per heavy atom. The van der Waals surface area contributed by atoms with E-state index in [0.29, 0.717) is 5.56 Å². The Balaban J connectivity index is 1.94. The monoisotopic (exact) mass is 207 g/mol. The average Bonchev–Trinajstić information content (AvgIpc) is 2.31. The summed E-state index contributed by atoms with van der Waals surface area (Å²) in [5.74, 6) is 0.752. The van der Waals surface area contributed by atoms with Crippen LogP contribution in [0.25, 0.3) is 0 Å². The second-order valence-electron chi connectivity index (χ2n) is 3.44. The standard InChI is InChI=1S/C10H13N3O2/c14-8-9-5-11-10(12-6-9)7-13-1-3-15-4-2-13/h5-6,8H,1-4,7H2. The van der Waals surface area contributed by atoms with Crippen molar-refractivity contribution in [2.24, 2.45) is 0 Å². The summed E-state index contributed by atoms with van der Waals surface area (Å²) in [7, 11) is 0. The predicted octanol–water partition coefficient (Wildman–Crippen LogP) is 0.121. The third-order valence-corrected chi connectivity index (χ3v) is 2.33. The van der Waals surface area contributed by atoms with E-state index in [4.69, 9.17) is 4.74 Å². The van der Waals surface area contributed by atoms with E-state index in [1.807, 2.05) is 0 Å². The van der Waals surface area contributed by atoms with Gasteiger partial charge in [0, 0.05) is 25.5 Å². The molecule has 15 heavy (non-hydrogen) atoms. The lowest BCUT2D eigenvalue weighted by atomic mass is 10.3. The maximum atomic E-state index is 10.4. The molecule has 0 N–H and O–H groups in total. The van der Waals surface area contributed by atoms with Crippen LogP contribution in [-0.2, 0) is 11.3 Å². The second kappa shape index (κ2) is 4.95. The summed E-state index contributed by atoms with van der Waals surface area (Å²) in [6, 6.07) is 0. The van der Waals surface area contributed by atoms with E-state index in [9.17, 15) is 4.79 Å². The number of ether oxygens (including phenoxy) is 1. The van der Waals surface area contributed by atoms with Crippen LogP contribution in [0.5, 0.6) is 0 Å². The Bertz CT molecular complexity index is 320. The molecule has 1 fully saturated rings. The molecule has 0 aromatic carbocycles. The molecule has 0 aliphatic carbocycles. The van der Waals surface area contributed by atoms with Crippen molar-refractivity contribution in [2.75, 3.05) is 26.3 Å². The number of hydrogen-bond acceptors (Lipinski definition) is 5. The van der Waals surface area contributed by atoms with E-state index in [2.05, 4.69) is 14.9 Å². The first kappa shape index (κ1) is 10.2. The molecule has 0 amide bonds. The van der Waals surface area contributed by atoms with Gasteiger partial charge in [0.15, 0.2) is 6.29 Å². The van der Waals surface area contributed by atoms with Gasteiger partial charge in [0.05, 0.1) is 25.3 Å². The SMILES string of the molecule is O=Cc1cnc(CN2CCOCC2)nc1. The molecule has 0 bridgehead atoms. The molecule has 0 radical (unpaired) electrons. The van der Waals surface area contributed by atoms with E-state index in [-0.39, 0.29) is 0 Å². The second-order valence-corrected chi connectivity index (χ2v) is 3.44. The maximum absolute atomic E-state index is 10.4. The first-order valence-corrected chi connectivity index (χ1v) is 4.94. The van der Waals surface area contributed by atoms with Gasteiger partial charge >= 0.3 is 0 Å². The molecule has 1 aromatic heterocycles. The summed E-state index contributed by atoms with van der Waals surface area (Å²) < 4.78 is 5.25. The molecule has 0 atom stereocenters. The number of nitrogens with zero attached hydrogens (tertiary/aromatic N) is 3. The molecule has 0 saturated carbocycles. The van der Waals surface area contributed by atoms with Gasteiger partial charge in [0.1, 0.15) is 5.82 Å². The normalized spacial score (nSPS) is 17.6. The minimum atomic E-state index is 0.515. The molecule has 5 nitrogen and oxygen atoms in total. The van der Waals surface area contributed by atoms with Crippen molar-refractivity contribution in [3.63, 3.8) is 0 Å². The van der Waals surface area contributed by atoms with Crippen LogP contribution in [0.1, 0.15) is 16.2 Å². The molecule has 80 valence electrons. The summed E-state index contributed by atoms with van der Waals surface area (Å²) in [4.78, 5) is 20.9. The number of aromatic nitrogens is 2. The van der Waals surface area contributed by atoms with E-state index in [1.165, 1.54) is 0 Å². The minimum Gasteiger partial charge on any atom is -0.379 e. The molecule has 1 aliphatic heterocycles. The van der Waals surface area contributed by atoms with Crippen LogP contribution in [0.4, 0.5) is 0 Å². The summed E-state index contributed by atoms with van der Waals surface area (Å²) in [5.41, 5.74) is 0.515. The Kier molecular flexibility index (Phi) is 3.37. The number of rotatable bonds is 3. The Morgan fingerprint density at radius 2 is 2.00 bits per heavy atom. The van der Waals surface area contributed by atoms with Gasteiger partial charge in [-0.15, -0.1) is 0 Å². The van der Waals surface area contributed by atoms with E-state index < -0.39 is 0 Å². The predicted molar refractivity (Wildman–Crippen MR) is 53.5 cm³/mol. The molecule has 1 aliphatic rings. The fourth-order valence-electron chi connectivity index (χ4n) is 1.47. The quantitative estimate of drug-likeness (QED) is 0.659. The fraction of sp³-hybridized carbons (Fsp3) is 0.500. The summed E-state index contributed by atoms with van der Waals surface area (Å²) in [5, 5.41) is 0. The van der Waals surface area contributed by atoms with Crippen LogP contribution in [0.2, 0.25) is 0 Å². The maximum Gasteiger partial charge on any atom is 0.153 e. The zero-order chi connectivity index (χ0) is 10.5. The number of carbonyl (C=O) groups is 1. The number of morpholine rings is 1. The summed E-state index contributed by atoms with van der Waals surface area (Å²) in [6.45, 7) is 4.10. The van der Waals surface area contributed by atoms with Crippen molar-refractivity contribution in [1.82, 2.24) is 14.9 Å². The highest BCUT2D eigenvalue weighted by atomic mass is 16.5. The number of carbonyl (C=O) groups excluding carboxylic acids is 1. The first-order chi connectivity index (χ1) is 7.38. The Morgan fingerprint density at radius 1 is 1.33 bits per heavy atom. The van der Waals surface area contributed by atoms with Crippen LogP contribution in [0.3, 0.4) is 0 Å². The van der Waals surface area contributed by atoms with Crippen molar-refractivity contribution >= 4 is 6.29 Å². The number of aldehydes is 1. The third kappa shape index (κ3) is 2.81. The minimum absolute atomic E-state index is 0.515.